The minimum atomic E-state index is -0.858. The van der Waals surface area contributed by atoms with Gasteiger partial charge in [-0.05, 0) is 12.8 Å². The van der Waals surface area contributed by atoms with Crippen molar-refractivity contribution >= 4 is 5.78 Å². The van der Waals surface area contributed by atoms with Gasteiger partial charge in [0.2, 0.25) is 0 Å². The van der Waals surface area contributed by atoms with Gasteiger partial charge in [0.25, 0.3) is 0 Å². The number of ether oxygens (including phenoxy) is 1. The molecule has 0 aromatic carbocycles. The summed E-state index contributed by atoms with van der Waals surface area (Å²) in [5.74, 6) is -0.146. The monoisotopic (exact) mass is 156 g/mol. The van der Waals surface area contributed by atoms with Crippen LogP contribution in [-0.2, 0) is 9.53 Å². The van der Waals surface area contributed by atoms with Crippen LogP contribution in [0.3, 0.4) is 0 Å². The average molecular weight is 156 g/mol. The van der Waals surface area contributed by atoms with E-state index in [4.69, 9.17) is 4.74 Å². The second-order valence-electron chi connectivity index (χ2n) is 3.43. The van der Waals surface area contributed by atoms with Gasteiger partial charge < -0.3 is 9.84 Å². The highest BCUT2D eigenvalue weighted by Gasteiger charge is 2.45. The molecule has 2 bridgehead atoms. The van der Waals surface area contributed by atoms with Crippen molar-refractivity contribution in [2.45, 2.75) is 38.1 Å². The molecule has 2 fully saturated rings. The summed E-state index contributed by atoms with van der Waals surface area (Å²) in [5, 5.41) is 9.36. The van der Waals surface area contributed by atoms with Crippen LogP contribution in [0.2, 0.25) is 0 Å². The molecule has 4 atom stereocenters. The molecule has 2 saturated heterocycles. The summed E-state index contributed by atoms with van der Waals surface area (Å²) in [4.78, 5) is 11.3. The van der Waals surface area contributed by atoms with E-state index in [0.29, 0.717) is 0 Å². The summed E-state index contributed by atoms with van der Waals surface area (Å²) >= 11 is 0. The van der Waals surface area contributed by atoms with Crippen molar-refractivity contribution in [1.82, 2.24) is 0 Å². The molecule has 3 nitrogen and oxygen atoms in total. The first-order valence-corrected chi connectivity index (χ1v) is 4.07. The fourth-order valence-electron chi connectivity index (χ4n) is 1.93. The van der Waals surface area contributed by atoms with Crippen molar-refractivity contribution in [1.29, 1.82) is 0 Å². The van der Waals surface area contributed by atoms with Gasteiger partial charge in [0.1, 0.15) is 6.10 Å². The first kappa shape index (κ1) is 7.25. The average Bonchev–Trinajstić information content (AvgIpc) is 2.44. The first-order valence-electron chi connectivity index (χ1n) is 4.07. The molecule has 0 aromatic heterocycles. The summed E-state index contributed by atoms with van der Waals surface area (Å²) in [5.41, 5.74) is 0. The lowest BCUT2D eigenvalue weighted by Crippen LogP contribution is -2.45. The van der Waals surface area contributed by atoms with Crippen LogP contribution in [-0.4, -0.2) is 29.2 Å². The Hall–Kier alpha value is -0.410. The number of hydrogen-bond donors (Lipinski definition) is 1. The maximum atomic E-state index is 11.3. The minimum Gasteiger partial charge on any atom is -0.383 e. The maximum absolute atomic E-state index is 11.3. The first-order chi connectivity index (χ1) is 5.20. The van der Waals surface area contributed by atoms with Crippen LogP contribution in [0.4, 0.5) is 0 Å². The van der Waals surface area contributed by atoms with Crippen LogP contribution in [0, 0.1) is 5.92 Å². The molecule has 0 radical (unpaired) electrons. The minimum absolute atomic E-state index is 0.0382. The zero-order valence-corrected chi connectivity index (χ0v) is 6.49. The van der Waals surface area contributed by atoms with Gasteiger partial charge in [-0.2, -0.15) is 0 Å². The molecule has 62 valence electrons. The molecule has 0 unspecified atom stereocenters. The molecule has 0 saturated carbocycles. The maximum Gasteiger partial charge on any atom is 0.169 e. The van der Waals surface area contributed by atoms with Crippen molar-refractivity contribution in [2.24, 2.45) is 5.92 Å². The molecule has 2 heterocycles. The Kier molecular flexibility index (Phi) is 1.51. The molecule has 2 aliphatic heterocycles. The van der Waals surface area contributed by atoms with E-state index in [1.54, 1.807) is 0 Å². The van der Waals surface area contributed by atoms with E-state index < -0.39 is 6.10 Å². The lowest BCUT2D eigenvalue weighted by Gasteiger charge is -2.29. The number of rotatable bonds is 0. The van der Waals surface area contributed by atoms with Gasteiger partial charge in [-0.3, -0.25) is 4.79 Å². The van der Waals surface area contributed by atoms with Crippen molar-refractivity contribution in [3.8, 4) is 0 Å². The third-order valence-corrected chi connectivity index (χ3v) is 2.74. The van der Waals surface area contributed by atoms with Gasteiger partial charge >= 0.3 is 0 Å². The molecule has 0 amide bonds. The standard InChI is InChI=1S/C8H12O3/c1-4-5-2-3-6(11-5)8(10)7(4)9/h4-6,8,10H,2-3H2,1H3/t4-,5-,6+,8+/m1/s1. The zero-order chi connectivity index (χ0) is 8.01. The van der Waals surface area contributed by atoms with Crippen LogP contribution in [0.5, 0.6) is 0 Å². The van der Waals surface area contributed by atoms with Gasteiger partial charge in [0, 0.05) is 5.92 Å². The normalized spacial score (nSPS) is 49.8. The molecule has 0 aromatic rings. The van der Waals surface area contributed by atoms with E-state index in [9.17, 15) is 9.90 Å². The third kappa shape index (κ3) is 0.914. The summed E-state index contributed by atoms with van der Waals surface area (Å²) in [6.07, 6.45) is 0.777. The number of Topliss-reactive ketones (excluding diaryl/α,β-unsaturated/α-hetero) is 1. The van der Waals surface area contributed by atoms with Crippen LogP contribution in [0.15, 0.2) is 0 Å². The fraction of sp³-hybridized carbons (Fsp3) is 0.875. The molecule has 0 aliphatic carbocycles. The zero-order valence-electron chi connectivity index (χ0n) is 6.49. The topological polar surface area (TPSA) is 46.5 Å². The number of carbonyl (C=O) groups excluding carboxylic acids is 1. The van der Waals surface area contributed by atoms with Gasteiger partial charge in [-0.15, -0.1) is 0 Å². The van der Waals surface area contributed by atoms with Crippen molar-refractivity contribution in [2.75, 3.05) is 0 Å². The summed E-state index contributed by atoms with van der Waals surface area (Å²) in [6, 6.07) is 0. The SMILES string of the molecule is C[C@H]1C(=O)[C@@H](O)[C@@H]2CC[C@H]1O2. The Bertz CT molecular complexity index is 172. The van der Waals surface area contributed by atoms with E-state index in [0.717, 1.165) is 12.8 Å². The van der Waals surface area contributed by atoms with Crippen molar-refractivity contribution < 1.29 is 14.6 Å². The molecule has 2 rings (SSSR count). The summed E-state index contributed by atoms with van der Waals surface area (Å²) in [7, 11) is 0. The number of carbonyl (C=O) groups is 1. The molecule has 3 heteroatoms. The van der Waals surface area contributed by atoms with Crippen molar-refractivity contribution in [3.05, 3.63) is 0 Å². The third-order valence-electron chi connectivity index (χ3n) is 2.74. The number of ketones is 1. The van der Waals surface area contributed by atoms with Crippen LogP contribution in [0.25, 0.3) is 0 Å². The highest BCUT2D eigenvalue weighted by Crippen LogP contribution is 2.34. The van der Waals surface area contributed by atoms with Crippen LogP contribution < -0.4 is 0 Å². The molecule has 1 N–H and O–H groups in total. The fourth-order valence-corrected chi connectivity index (χ4v) is 1.93. The summed E-state index contributed by atoms with van der Waals surface area (Å²) in [6.45, 7) is 1.83. The molecule has 11 heavy (non-hydrogen) atoms. The quantitative estimate of drug-likeness (QED) is 0.541. The number of fused-ring (bicyclic) bond motifs is 2. The Morgan fingerprint density at radius 1 is 1.45 bits per heavy atom. The van der Waals surface area contributed by atoms with Crippen LogP contribution >= 0.6 is 0 Å². The lowest BCUT2D eigenvalue weighted by molar-refractivity contribution is -0.155. The number of aliphatic hydroxyl groups excluding tert-OH is 1. The highest BCUT2D eigenvalue weighted by atomic mass is 16.5. The number of aliphatic hydroxyl groups is 1. The van der Waals surface area contributed by atoms with Gasteiger partial charge in [-0.25, -0.2) is 0 Å². The summed E-state index contributed by atoms with van der Waals surface area (Å²) < 4.78 is 5.42. The molecule has 2 aliphatic rings. The van der Waals surface area contributed by atoms with E-state index >= 15 is 0 Å². The molecular weight excluding hydrogens is 144 g/mol. The molecular formula is C8H12O3. The predicted molar refractivity (Wildman–Crippen MR) is 38.1 cm³/mol. The highest BCUT2D eigenvalue weighted by molar-refractivity contribution is 5.87. The molecule has 0 spiro atoms. The Morgan fingerprint density at radius 2 is 2.09 bits per heavy atom. The van der Waals surface area contributed by atoms with Gasteiger partial charge in [0.15, 0.2) is 5.78 Å². The van der Waals surface area contributed by atoms with Crippen LogP contribution in [0.1, 0.15) is 19.8 Å². The van der Waals surface area contributed by atoms with E-state index in [2.05, 4.69) is 0 Å². The lowest BCUT2D eigenvalue weighted by atomic mass is 9.94. The Labute approximate surface area is 65.4 Å². The smallest absolute Gasteiger partial charge is 0.169 e. The van der Waals surface area contributed by atoms with Gasteiger partial charge in [-0.1, -0.05) is 6.92 Å². The van der Waals surface area contributed by atoms with E-state index in [-0.39, 0.29) is 23.9 Å². The van der Waals surface area contributed by atoms with Gasteiger partial charge in [0.05, 0.1) is 12.2 Å². The Morgan fingerprint density at radius 3 is 2.82 bits per heavy atom. The largest absolute Gasteiger partial charge is 0.383 e. The van der Waals surface area contributed by atoms with Crippen molar-refractivity contribution in [3.63, 3.8) is 0 Å². The Balaban J connectivity index is 2.23. The predicted octanol–water partition coefficient (Wildman–Crippen LogP) is 0.114. The van der Waals surface area contributed by atoms with E-state index in [1.165, 1.54) is 0 Å². The second-order valence-corrected chi connectivity index (χ2v) is 3.43. The van der Waals surface area contributed by atoms with E-state index in [1.807, 2.05) is 6.92 Å². The second kappa shape index (κ2) is 2.29. The number of hydrogen-bond acceptors (Lipinski definition) is 3.